The van der Waals surface area contributed by atoms with E-state index in [1.165, 1.54) is 16.7 Å². The second kappa shape index (κ2) is 9.61. The molecule has 0 unspecified atom stereocenters. The molecule has 3 rings (SSSR count). The van der Waals surface area contributed by atoms with Crippen LogP contribution in [0, 0.1) is 13.8 Å². The number of nitrogens with one attached hydrogen (secondary N) is 1. The molecule has 2 nitrogen and oxygen atoms in total. The van der Waals surface area contributed by atoms with E-state index in [1.807, 2.05) is 42.5 Å². The van der Waals surface area contributed by atoms with Crippen molar-refractivity contribution in [1.82, 2.24) is 5.32 Å². The van der Waals surface area contributed by atoms with Crippen LogP contribution in [-0.4, -0.2) is 5.91 Å². The molecular weight excluding hydrogens is 362 g/mol. The van der Waals surface area contributed by atoms with E-state index in [0.717, 1.165) is 28.2 Å². The van der Waals surface area contributed by atoms with Gasteiger partial charge in [0.05, 0.1) is 11.6 Å². The Morgan fingerprint density at radius 3 is 2.36 bits per heavy atom. The molecule has 0 aromatic heterocycles. The van der Waals surface area contributed by atoms with Gasteiger partial charge < -0.3 is 5.32 Å². The lowest BCUT2D eigenvalue weighted by atomic mass is 9.99. The number of amides is 1. The molecular formula is C25H27NOS. The highest BCUT2D eigenvalue weighted by molar-refractivity contribution is 7.98. The Morgan fingerprint density at radius 1 is 0.929 bits per heavy atom. The van der Waals surface area contributed by atoms with Crippen LogP contribution in [0.2, 0.25) is 0 Å². The Morgan fingerprint density at radius 2 is 1.64 bits per heavy atom. The van der Waals surface area contributed by atoms with Crippen LogP contribution < -0.4 is 5.32 Å². The number of benzene rings is 3. The summed E-state index contributed by atoms with van der Waals surface area (Å²) >= 11 is 1.70. The molecule has 0 aliphatic heterocycles. The number of hydrogen-bond donors (Lipinski definition) is 1. The highest BCUT2D eigenvalue weighted by Crippen LogP contribution is 2.27. The minimum absolute atomic E-state index is 0.0127. The average molecular weight is 390 g/mol. The fourth-order valence-electron chi connectivity index (χ4n) is 3.15. The lowest BCUT2D eigenvalue weighted by molar-refractivity contribution is 0.0932. The molecule has 0 fully saturated rings. The van der Waals surface area contributed by atoms with Gasteiger partial charge in [-0.1, -0.05) is 67.6 Å². The maximum atomic E-state index is 13.0. The molecule has 0 saturated heterocycles. The fraction of sp³-hybridized carbons (Fsp3) is 0.240. The predicted molar refractivity (Wildman–Crippen MR) is 119 cm³/mol. The van der Waals surface area contributed by atoms with Crippen molar-refractivity contribution < 1.29 is 4.79 Å². The second-order valence-electron chi connectivity index (χ2n) is 7.05. The van der Waals surface area contributed by atoms with Gasteiger partial charge in [0.2, 0.25) is 0 Å². The van der Waals surface area contributed by atoms with Crippen LogP contribution >= 0.6 is 11.8 Å². The monoisotopic (exact) mass is 389 g/mol. The van der Waals surface area contributed by atoms with Crippen LogP contribution in [0.1, 0.15) is 52.0 Å². The van der Waals surface area contributed by atoms with Gasteiger partial charge in [-0.05, 0) is 54.7 Å². The molecule has 1 atom stereocenters. The van der Waals surface area contributed by atoms with Crippen LogP contribution in [0.5, 0.6) is 0 Å². The van der Waals surface area contributed by atoms with Crippen molar-refractivity contribution in [3.63, 3.8) is 0 Å². The van der Waals surface area contributed by atoms with E-state index in [-0.39, 0.29) is 11.9 Å². The zero-order chi connectivity index (χ0) is 19.9. The third-order valence-electron chi connectivity index (χ3n) is 5.02. The largest absolute Gasteiger partial charge is 0.345 e. The molecule has 0 bridgehead atoms. The molecule has 0 aliphatic carbocycles. The predicted octanol–water partition coefficient (Wildman–Crippen LogP) is 6.48. The molecule has 1 N–H and O–H groups in total. The maximum absolute atomic E-state index is 13.0. The summed E-state index contributed by atoms with van der Waals surface area (Å²) in [6.07, 6.45) is 0.855. The zero-order valence-electron chi connectivity index (χ0n) is 16.7. The average Bonchev–Trinajstić information content (AvgIpc) is 2.73. The number of rotatable bonds is 7. The first kappa shape index (κ1) is 20.2. The molecule has 1 amide bonds. The summed E-state index contributed by atoms with van der Waals surface area (Å²) in [6.45, 7) is 6.33. The molecule has 3 aromatic carbocycles. The summed E-state index contributed by atoms with van der Waals surface area (Å²) in [6, 6.07) is 24.6. The van der Waals surface area contributed by atoms with E-state index in [9.17, 15) is 4.79 Å². The van der Waals surface area contributed by atoms with Gasteiger partial charge >= 0.3 is 0 Å². The standard InChI is InChI=1S/C25H27NOS/c1-4-23(21-15-14-18(2)19(3)16-21)26-25(27)22-12-8-9-13-24(22)28-17-20-10-6-5-7-11-20/h5-16,23H,4,17H2,1-3H3,(H,26,27)/t23-/m1/s1. The van der Waals surface area contributed by atoms with Crippen molar-refractivity contribution >= 4 is 17.7 Å². The van der Waals surface area contributed by atoms with Crippen LogP contribution in [0.15, 0.2) is 77.7 Å². The van der Waals surface area contributed by atoms with Crippen molar-refractivity contribution in [2.45, 2.75) is 43.9 Å². The summed E-state index contributed by atoms with van der Waals surface area (Å²) < 4.78 is 0. The molecule has 144 valence electrons. The van der Waals surface area contributed by atoms with E-state index in [2.05, 4.69) is 56.4 Å². The highest BCUT2D eigenvalue weighted by atomic mass is 32.2. The summed E-state index contributed by atoms with van der Waals surface area (Å²) in [4.78, 5) is 14.1. The van der Waals surface area contributed by atoms with Crippen LogP contribution in [0.4, 0.5) is 0 Å². The van der Waals surface area contributed by atoms with Crippen LogP contribution in [0.25, 0.3) is 0 Å². The van der Waals surface area contributed by atoms with Crippen LogP contribution in [-0.2, 0) is 5.75 Å². The lowest BCUT2D eigenvalue weighted by Crippen LogP contribution is -2.28. The van der Waals surface area contributed by atoms with Gasteiger partial charge in [-0.3, -0.25) is 4.79 Å². The molecule has 3 heteroatoms. The third kappa shape index (κ3) is 5.05. The first-order chi connectivity index (χ1) is 13.6. The Bertz CT molecular complexity index is 936. The molecule has 0 saturated carbocycles. The minimum atomic E-state index is -0.0127. The fourth-order valence-corrected chi connectivity index (χ4v) is 4.16. The second-order valence-corrected chi connectivity index (χ2v) is 8.07. The van der Waals surface area contributed by atoms with E-state index in [0.29, 0.717) is 0 Å². The Labute approximate surface area is 172 Å². The third-order valence-corrected chi connectivity index (χ3v) is 6.16. The Balaban J connectivity index is 1.75. The van der Waals surface area contributed by atoms with Crippen molar-refractivity contribution in [1.29, 1.82) is 0 Å². The van der Waals surface area contributed by atoms with Gasteiger partial charge in [-0.25, -0.2) is 0 Å². The molecule has 0 radical (unpaired) electrons. The van der Waals surface area contributed by atoms with Gasteiger partial charge in [-0.15, -0.1) is 11.8 Å². The summed E-state index contributed by atoms with van der Waals surface area (Å²) in [5, 5.41) is 3.23. The zero-order valence-corrected chi connectivity index (χ0v) is 17.6. The number of aryl methyl sites for hydroxylation is 2. The normalized spacial score (nSPS) is 11.8. The summed E-state index contributed by atoms with van der Waals surface area (Å²) in [5.74, 6) is 0.834. The van der Waals surface area contributed by atoms with Gasteiger partial charge in [0.1, 0.15) is 0 Å². The van der Waals surface area contributed by atoms with E-state index in [1.54, 1.807) is 11.8 Å². The number of carbonyl (C=O) groups is 1. The molecule has 0 spiro atoms. The molecule has 28 heavy (non-hydrogen) atoms. The molecule has 3 aromatic rings. The van der Waals surface area contributed by atoms with Crippen molar-refractivity contribution in [3.05, 3.63) is 101 Å². The topological polar surface area (TPSA) is 29.1 Å². The number of hydrogen-bond acceptors (Lipinski definition) is 2. The summed E-state index contributed by atoms with van der Waals surface area (Å²) in [7, 11) is 0. The van der Waals surface area contributed by atoms with Gasteiger partial charge in [0.25, 0.3) is 5.91 Å². The van der Waals surface area contributed by atoms with Crippen molar-refractivity contribution in [2.75, 3.05) is 0 Å². The smallest absolute Gasteiger partial charge is 0.252 e. The number of carbonyl (C=O) groups excluding carboxylic acids is 1. The first-order valence-electron chi connectivity index (χ1n) is 9.72. The summed E-state index contributed by atoms with van der Waals surface area (Å²) in [5.41, 5.74) is 5.68. The van der Waals surface area contributed by atoms with E-state index >= 15 is 0 Å². The van der Waals surface area contributed by atoms with Gasteiger partial charge in [0.15, 0.2) is 0 Å². The maximum Gasteiger partial charge on any atom is 0.252 e. The minimum Gasteiger partial charge on any atom is -0.345 e. The highest BCUT2D eigenvalue weighted by Gasteiger charge is 2.17. The quantitative estimate of drug-likeness (QED) is 0.469. The molecule has 0 aliphatic rings. The Kier molecular flexibility index (Phi) is 6.94. The Hall–Kier alpha value is -2.52. The van der Waals surface area contributed by atoms with E-state index in [4.69, 9.17) is 0 Å². The lowest BCUT2D eigenvalue weighted by Gasteiger charge is -2.19. The molecule has 0 heterocycles. The van der Waals surface area contributed by atoms with Crippen molar-refractivity contribution in [2.24, 2.45) is 0 Å². The van der Waals surface area contributed by atoms with E-state index < -0.39 is 0 Å². The van der Waals surface area contributed by atoms with Crippen LogP contribution in [0.3, 0.4) is 0 Å². The van der Waals surface area contributed by atoms with Gasteiger partial charge in [-0.2, -0.15) is 0 Å². The number of thioether (sulfide) groups is 1. The SMILES string of the molecule is CC[C@@H](NC(=O)c1ccccc1SCc1ccccc1)c1ccc(C)c(C)c1. The van der Waals surface area contributed by atoms with Gasteiger partial charge in [0, 0.05) is 10.6 Å². The first-order valence-corrected chi connectivity index (χ1v) is 10.7. The van der Waals surface area contributed by atoms with Crippen molar-refractivity contribution in [3.8, 4) is 0 Å².